The summed E-state index contributed by atoms with van der Waals surface area (Å²) >= 11 is 0. The van der Waals surface area contributed by atoms with E-state index in [1.165, 1.54) is 6.07 Å². The third-order valence-corrected chi connectivity index (χ3v) is 4.04. The zero-order chi connectivity index (χ0) is 11.9. The van der Waals surface area contributed by atoms with Crippen LogP contribution in [0.2, 0.25) is 0 Å². The molecular formula is C15H15FO. The van der Waals surface area contributed by atoms with Crippen LogP contribution >= 0.6 is 0 Å². The highest BCUT2D eigenvalue weighted by atomic mass is 19.1. The molecule has 1 N–H and O–H groups in total. The van der Waals surface area contributed by atoms with Crippen LogP contribution in [0.25, 0.3) is 10.8 Å². The zero-order valence-electron chi connectivity index (χ0n) is 9.62. The first-order chi connectivity index (χ1) is 8.27. The minimum absolute atomic E-state index is 0.112. The predicted molar refractivity (Wildman–Crippen MR) is 66.5 cm³/mol. The highest BCUT2D eigenvalue weighted by Crippen LogP contribution is 2.46. The molecule has 0 amide bonds. The van der Waals surface area contributed by atoms with E-state index in [0.29, 0.717) is 5.39 Å². The van der Waals surface area contributed by atoms with Crippen molar-refractivity contribution in [2.75, 3.05) is 6.61 Å². The Hall–Kier alpha value is -1.41. The Kier molecular flexibility index (Phi) is 2.40. The molecule has 1 saturated carbocycles. The summed E-state index contributed by atoms with van der Waals surface area (Å²) in [6.07, 6.45) is 3.03. The molecule has 17 heavy (non-hydrogen) atoms. The molecule has 0 unspecified atom stereocenters. The molecule has 0 spiro atoms. The number of benzene rings is 2. The number of aliphatic hydroxyl groups excluding tert-OH is 1. The van der Waals surface area contributed by atoms with E-state index < -0.39 is 0 Å². The second-order valence-corrected chi connectivity index (χ2v) is 4.94. The number of rotatable bonds is 2. The lowest BCUT2D eigenvalue weighted by Gasteiger charge is -2.41. The maximum atomic E-state index is 14.0. The summed E-state index contributed by atoms with van der Waals surface area (Å²) in [5, 5.41) is 11.2. The number of halogens is 1. The van der Waals surface area contributed by atoms with Crippen LogP contribution in [0.3, 0.4) is 0 Å². The molecule has 0 radical (unpaired) electrons. The summed E-state index contributed by atoms with van der Waals surface area (Å²) in [6, 6.07) is 11.0. The summed E-state index contributed by atoms with van der Waals surface area (Å²) in [5.74, 6) is -0.183. The Morgan fingerprint density at radius 2 is 1.82 bits per heavy atom. The molecule has 0 saturated heterocycles. The molecule has 2 aromatic carbocycles. The van der Waals surface area contributed by atoms with Gasteiger partial charge in [0, 0.05) is 10.8 Å². The van der Waals surface area contributed by atoms with Gasteiger partial charge in [-0.25, -0.2) is 4.39 Å². The Morgan fingerprint density at radius 1 is 1.12 bits per heavy atom. The summed E-state index contributed by atoms with van der Waals surface area (Å²) in [5.41, 5.74) is 0.767. The van der Waals surface area contributed by atoms with E-state index in [0.717, 1.165) is 30.2 Å². The van der Waals surface area contributed by atoms with E-state index in [2.05, 4.69) is 0 Å². The van der Waals surface area contributed by atoms with Gasteiger partial charge in [-0.15, -0.1) is 0 Å². The first-order valence-corrected chi connectivity index (χ1v) is 6.05. The number of hydrogen-bond acceptors (Lipinski definition) is 1. The van der Waals surface area contributed by atoms with Gasteiger partial charge in [0.2, 0.25) is 0 Å². The highest BCUT2D eigenvalue weighted by Gasteiger charge is 2.39. The van der Waals surface area contributed by atoms with Gasteiger partial charge in [0.15, 0.2) is 0 Å². The van der Waals surface area contributed by atoms with Crippen molar-refractivity contribution in [1.82, 2.24) is 0 Å². The van der Waals surface area contributed by atoms with E-state index in [9.17, 15) is 9.50 Å². The Labute approximate surface area is 99.9 Å². The van der Waals surface area contributed by atoms with Crippen molar-refractivity contribution in [3.8, 4) is 0 Å². The molecule has 0 bridgehead atoms. The van der Waals surface area contributed by atoms with Crippen molar-refractivity contribution in [3.63, 3.8) is 0 Å². The second kappa shape index (κ2) is 3.81. The maximum absolute atomic E-state index is 14.0. The van der Waals surface area contributed by atoms with Crippen LogP contribution in [0.15, 0.2) is 36.4 Å². The molecule has 0 aliphatic heterocycles. The highest BCUT2D eigenvalue weighted by molar-refractivity contribution is 5.87. The lowest BCUT2D eigenvalue weighted by Crippen LogP contribution is -2.38. The van der Waals surface area contributed by atoms with Gasteiger partial charge in [-0.05, 0) is 29.9 Å². The lowest BCUT2D eigenvalue weighted by molar-refractivity contribution is 0.121. The topological polar surface area (TPSA) is 20.2 Å². The average molecular weight is 230 g/mol. The molecular weight excluding hydrogens is 215 g/mol. The van der Waals surface area contributed by atoms with E-state index >= 15 is 0 Å². The Balaban J connectivity index is 2.29. The monoisotopic (exact) mass is 230 g/mol. The molecule has 1 fully saturated rings. The quantitative estimate of drug-likeness (QED) is 0.838. The molecule has 88 valence electrons. The predicted octanol–water partition coefficient (Wildman–Crippen LogP) is 3.39. The van der Waals surface area contributed by atoms with Crippen molar-refractivity contribution in [2.45, 2.75) is 24.7 Å². The molecule has 1 nitrogen and oxygen atoms in total. The van der Waals surface area contributed by atoms with E-state index in [-0.39, 0.29) is 17.8 Å². The maximum Gasteiger partial charge on any atom is 0.131 e. The SMILES string of the molecule is OCC1(c2cccc3cccc(F)c23)CCC1. The largest absolute Gasteiger partial charge is 0.395 e. The van der Waals surface area contributed by atoms with Gasteiger partial charge < -0.3 is 5.11 Å². The standard InChI is InChI=1S/C15H15FO/c16-13-7-2-5-11-4-1-6-12(14(11)13)15(10-17)8-3-9-15/h1-2,4-7,17H,3,8-10H2. The zero-order valence-corrected chi connectivity index (χ0v) is 9.62. The molecule has 2 aromatic rings. The smallest absolute Gasteiger partial charge is 0.131 e. The lowest BCUT2D eigenvalue weighted by atomic mass is 9.64. The van der Waals surface area contributed by atoms with Crippen LogP contribution in [0.1, 0.15) is 24.8 Å². The second-order valence-electron chi connectivity index (χ2n) is 4.94. The van der Waals surface area contributed by atoms with Crippen molar-refractivity contribution in [2.24, 2.45) is 0 Å². The van der Waals surface area contributed by atoms with Crippen LogP contribution in [-0.2, 0) is 5.41 Å². The minimum Gasteiger partial charge on any atom is -0.395 e. The van der Waals surface area contributed by atoms with Gasteiger partial charge >= 0.3 is 0 Å². The first-order valence-electron chi connectivity index (χ1n) is 6.05. The van der Waals surface area contributed by atoms with Crippen LogP contribution in [0.4, 0.5) is 4.39 Å². The fourth-order valence-corrected chi connectivity index (χ4v) is 2.85. The average Bonchev–Trinajstić information content (AvgIpc) is 2.29. The number of hydrogen-bond donors (Lipinski definition) is 1. The van der Waals surface area contributed by atoms with Crippen molar-refractivity contribution >= 4 is 10.8 Å². The van der Waals surface area contributed by atoms with E-state index in [1.54, 1.807) is 6.07 Å². The molecule has 2 heteroatoms. The van der Waals surface area contributed by atoms with Crippen molar-refractivity contribution in [3.05, 3.63) is 47.8 Å². The van der Waals surface area contributed by atoms with Gasteiger partial charge in [0.05, 0.1) is 6.61 Å². The molecule has 0 heterocycles. The van der Waals surface area contributed by atoms with Gasteiger partial charge in [0.25, 0.3) is 0 Å². The van der Waals surface area contributed by atoms with Gasteiger partial charge in [-0.2, -0.15) is 0 Å². The van der Waals surface area contributed by atoms with Crippen LogP contribution in [-0.4, -0.2) is 11.7 Å². The normalized spacial score (nSPS) is 18.0. The van der Waals surface area contributed by atoms with E-state index in [4.69, 9.17) is 0 Å². The van der Waals surface area contributed by atoms with Gasteiger partial charge in [-0.1, -0.05) is 36.8 Å². The summed E-state index contributed by atoms with van der Waals surface area (Å²) in [7, 11) is 0. The molecule has 0 atom stereocenters. The Morgan fingerprint density at radius 3 is 2.41 bits per heavy atom. The molecule has 3 rings (SSSR count). The van der Waals surface area contributed by atoms with E-state index in [1.807, 2.05) is 24.3 Å². The van der Waals surface area contributed by atoms with Crippen LogP contribution in [0.5, 0.6) is 0 Å². The fraction of sp³-hybridized carbons (Fsp3) is 0.333. The summed E-state index contributed by atoms with van der Waals surface area (Å²) < 4.78 is 14.0. The van der Waals surface area contributed by atoms with Gasteiger partial charge in [0.1, 0.15) is 5.82 Å². The summed E-state index contributed by atoms with van der Waals surface area (Å²) in [4.78, 5) is 0. The Bertz CT molecular complexity index is 547. The molecule has 1 aliphatic rings. The van der Waals surface area contributed by atoms with Crippen LogP contribution in [0, 0.1) is 5.82 Å². The van der Waals surface area contributed by atoms with Gasteiger partial charge in [-0.3, -0.25) is 0 Å². The third kappa shape index (κ3) is 1.48. The third-order valence-electron chi connectivity index (χ3n) is 4.04. The first kappa shape index (κ1) is 10.7. The molecule has 0 aromatic heterocycles. The molecule has 1 aliphatic carbocycles. The summed E-state index contributed by atoms with van der Waals surface area (Å²) in [6.45, 7) is 0.112. The van der Waals surface area contributed by atoms with Crippen molar-refractivity contribution < 1.29 is 9.50 Å². The number of fused-ring (bicyclic) bond motifs is 1. The van der Waals surface area contributed by atoms with Crippen molar-refractivity contribution in [1.29, 1.82) is 0 Å². The number of aliphatic hydroxyl groups is 1. The minimum atomic E-state index is -0.207. The van der Waals surface area contributed by atoms with Crippen LogP contribution < -0.4 is 0 Å². The fourth-order valence-electron chi connectivity index (χ4n) is 2.85.